The van der Waals surface area contributed by atoms with Crippen LogP contribution in [0.2, 0.25) is 0 Å². The van der Waals surface area contributed by atoms with Gasteiger partial charge in [0.25, 0.3) is 0 Å². The Kier molecular flexibility index (Phi) is 4.57. The Labute approximate surface area is 83.5 Å². The zero-order valence-electron chi connectivity index (χ0n) is 7.41. The van der Waals surface area contributed by atoms with Gasteiger partial charge in [0.15, 0.2) is 0 Å². The van der Waals surface area contributed by atoms with Crippen molar-refractivity contribution in [1.82, 2.24) is 14.8 Å². The molecule has 1 aromatic rings. The first-order valence-corrected chi connectivity index (χ1v) is 4.16. The van der Waals surface area contributed by atoms with Crippen molar-refractivity contribution in [3.05, 3.63) is 11.6 Å². The molecule has 0 aliphatic rings. The number of nitrogens with zero attached hydrogens (tertiary/aromatic N) is 3. The molecule has 0 radical (unpaired) electrons. The Morgan fingerprint density at radius 3 is 2.33 bits per heavy atom. The summed E-state index contributed by atoms with van der Waals surface area (Å²) >= 11 is 5.67. The minimum atomic E-state index is 0. The topological polar surface area (TPSA) is 30.7 Å². The second-order valence-corrected chi connectivity index (χ2v) is 3.03. The van der Waals surface area contributed by atoms with Crippen molar-refractivity contribution in [1.29, 1.82) is 0 Å². The monoisotopic (exact) mass is 209 g/mol. The van der Waals surface area contributed by atoms with Gasteiger partial charge in [-0.05, 0) is 20.8 Å². The standard InChI is InChI=1S/C7H12ClN3.ClH/c1-5(2)11-6(3)9-10-7(11)4-8;/h5H,4H2,1-3H3;1H. The smallest absolute Gasteiger partial charge is 0.148 e. The van der Waals surface area contributed by atoms with E-state index in [4.69, 9.17) is 11.6 Å². The first kappa shape index (κ1) is 11.7. The first-order valence-electron chi connectivity index (χ1n) is 3.63. The molecule has 0 aliphatic carbocycles. The SMILES string of the molecule is Cc1nnc(CCl)n1C(C)C.Cl. The summed E-state index contributed by atoms with van der Waals surface area (Å²) in [6.45, 7) is 6.11. The van der Waals surface area contributed by atoms with Gasteiger partial charge in [0.1, 0.15) is 11.6 Å². The van der Waals surface area contributed by atoms with Crippen molar-refractivity contribution in [2.24, 2.45) is 0 Å². The largest absolute Gasteiger partial charge is 0.312 e. The van der Waals surface area contributed by atoms with Crippen LogP contribution in [-0.4, -0.2) is 14.8 Å². The summed E-state index contributed by atoms with van der Waals surface area (Å²) in [5.74, 6) is 2.20. The summed E-state index contributed by atoms with van der Waals surface area (Å²) < 4.78 is 2.03. The molecule has 0 aromatic carbocycles. The Hall–Kier alpha value is -0.280. The van der Waals surface area contributed by atoms with E-state index >= 15 is 0 Å². The average molecular weight is 210 g/mol. The Balaban J connectivity index is 0.00000121. The second-order valence-electron chi connectivity index (χ2n) is 2.76. The maximum atomic E-state index is 5.67. The minimum Gasteiger partial charge on any atom is -0.312 e. The summed E-state index contributed by atoms with van der Waals surface area (Å²) in [5, 5.41) is 7.87. The number of halogens is 2. The Morgan fingerprint density at radius 2 is 2.00 bits per heavy atom. The van der Waals surface area contributed by atoms with Crippen molar-refractivity contribution in [2.45, 2.75) is 32.7 Å². The second kappa shape index (κ2) is 4.67. The summed E-state index contributed by atoms with van der Waals surface area (Å²) in [5.41, 5.74) is 0. The summed E-state index contributed by atoms with van der Waals surface area (Å²) in [7, 11) is 0. The van der Waals surface area contributed by atoms with Crippen molar-refractivity contribution in [3.63, 3.8) is 0 Å². The van der Waals surface area contributed by atoms with Crippen LogP contribution in [0.15, 0.2) is 0 Å². The van der Waals surface area contributed by atoms with Gasteiger partial charge in [-0.3, -0.25) is 0 Å². The molecular formula is C7H13Cl2N3. The highest BCUT2D eigenvalue weighted by atomic mass is 35.5. The lowest BCUT2D eigenvalue weighted by Crippen LogP contribution is -2.06. The molecule has 1 heterocycles. The molecule has 12 heavy (non-hydrogen) atoms. The maximum Gasteiger partial charge on any atom is 0.148 e. The molecule has 0 amide bonds. The zero-order chi connectivity index (χ0) is 8.43. The van der Waals surface area contributed by atoms with Crippen LogP contribution in [0, 0.1) is 6.92 Å². The maximum absolute atomic E-state index is 5.67. The third-order valence-corrected chi connectivity index (χ3v) is 1.81. The summed E-state index contributed by atoms with van der Waals surface area (Å²) in [6, 6.07) is 0.388. The molecule has 5 heteroatoms. The zero-order valence-corrected chi connectivity index (χ0v) is 8.98. The molecule has 0 bridgehead atoms. The molecule has 1 rings (SSSR count). The third-order valence-electron chi connectivity index (χ3n) is 1.57. The highest BCUT2D eigenvalue weighted by Gasteiger charge is 2.09. The lowest BCUT2D eigenvalue weighted by Gasteiger charge is -2.09. The summed E-state index contributed by atoms with van der Waals surface area (Å²) in [6.07, 6.45) is 0. The Morgan fingerprint density at radius 1 is 1.42 bits per heavy atom. The number of aromatic nitrogens is 3. The van der Waals surface area contributed by atoms with E-state index in [0.29, 0.717) is 11.9 Å². The van der Waals surface area contributed by atoms with Crippen LogP contribution in [0.1, 0.15) is 31.5 Å². The van der Waals surface area contributed by atoms with Gasteiger partial charge < -0.3 is 4.57 Å². The molecule has 0 aliphatic heterocycles. The molecule has 0 saturated heterocycles. The van der Waals surface area contributed by atoms with Crippen molar-refractivity contribution in [2.75, 3.05) is 0 Å². The van der Waals surface area contributed by atoms with Gasteiger partial charge in [-0.25, -0.2) is 0 Å². The molecule has 0 unspecified atom stereocenters. The predicted molar refractivity (Wildman–Crippen MR) is 51.9 cm³/mol. The number of hydrogen-bond acceptors (Lipinski definition) is 2. The highest BCUT2D eigenvalue weighted by Crippen LogP contribution is 2.11. The van der Waals surface area contributed by atoms with E-state index in [1.54, 1.807) is 0 Å². The van der Waals surface area contributed by atoms with Crippen LogP contribution in [0.4, 0.5) is 0 Å². The van der Waals surface area contributed by atoms with Crippen molar-refractivity contribution in [3.8, 4) is 0 Å². The van der Waals surface area contributed by atoms with Crippen molar-refractivity contribution >= 4 is 24.0 Å². The fraction of sp³-hybridized carbons (Fsp3) is 0.714. The van der Waals surface area contributed by atoms with E-state index in [1.807, 2.05) is 11.5 Å². The number of rotatable bonds is 2. The number of hydrogen-bond donors (Lipinski definition) is 0. The van der Waals surface area contributed by atoms with E-state index in [-0.39, 0.29) is 12.4 Å². The van der Waals surface area contributed by atoms with Gasteiger partial charge in [-0.15, -0.1) is 34.2 Å². The van der Waals surface area contributed by atoms with E-state index in [9.17, 15) is 0 Å². The van der Waals surface area contributed by atoms with Gasteiger partial charge in [0.2, 0.25) is 0 Å². The molecule has 0 saturated carbocycles. The fourth-order valence-electron chi connectivity index (χ4n) is 1.18. The van der Waals surface area contributed by atoms with Crippen molar-refractivity contribution < 1.29 is 0 Å². The molecule has 3 nitrogen and oxygen atoms in total. The third kappa shape index (κ3) is 2.11. The first-order chi connectivity index (χ1) is 5.16. The fourth-order valence-corrected chi connectivity index (χ4v) is 1.36. The van der Waals surface area contributed by atoms with E-state index in [2.05, 4.69) is 24.0 Å². The molecule has 0 spiro atoms. The lowest BCUT2D eigenvalue weighted by molar-refractivity contribution is 0.564. The molecule has 1 aromatic heterocycles. The van der Waals surface area contributed by atoms with Crippen LogP contribution in [-0.2, 0) is 5.88 Å². The molecule has 0 N–H and O–H groups in total. The van der Waals surface area contributed by atoms with Gasteiger partial charge in [-0.2, -0.15) is 0 Å². The average Bonchev–Trinajstić information content (AvgIpc) is 2.30. The lowest BCUT2D eigenvalue weighted by atomic mass is 10.4. The number of alkyl halides is 1. The van der Waals surface area contributed by atoms with Gasteiger partial charge in [-0.1, -0.05) is 0 Å². The predicted octanol–water partition coefficient (Wildman–Crippen LogP) is 2.33. The van der Waals surface area contributed by atoms with Gasteiger partial charge in [0, 0.05) is 6.04 Å². The van der Waals surface area contributed by atoms with Crippen LogP contribution in [0.25, 0.3) is 0 Å². The summed E-state index contributed by atoms with van der Waals surface area (Å²) in [4.78, 5) is 0. The van der Waals surface area contributed by atoms with Gasteiger partial charge >= 0.3 is 0 Å². The molecule has 70 valence electrons. The van der Waals surface area contributed by atoms with E-state index in [1.165, 1.54) is 0 Å². The Bertz CT molecular complexity index is 245. The normalized spacial score (nSPS) is 10.1. The molecule has 0 fully saturated rings. The molecule has 0 atom stereocenters. The quantitative estimate of drug-likeness (QED) is 0.701. The van der Waals surface area contributed by atoms with Crippen LogP contribution < -0.4 is 0 Å². The molecular weight excluding hydrogens is 197 g/mol. The number of aryl methyl sites for hydroxylation is 1. The van der Waals surface area contributed by atoms with Crippen LogP contribution in [0.5, 0.6) is 0 Å². The van der Waals surface area contributed by atoms with E-state index < -0.39 is 0 Å². The van der Waals surface area contributed by atoms with Crippen LogP contribution in [0.3, 0.4) is 0 Å². The highest BCUT2D eigenvalue weighted by molar-refractivity contribution is 6.16. The van der Waals surface area contributed by atoms with Crippen LogP contribution >= 0.6 is 24.0 Å². The van der Waals surface area contributed by atoms with E-state index in [0.717, 1.165) is 11.6 Å². The van der Waals surface area contributed by atoms with Gasteiger partial charge in [0.05, 0.1) is 5.88 Å². The minimum absolute atomic E-state index is 0.